The second-order valence-corrected chi connectivity index (χ2v) is 8.22. The van der Waals surface area contributed by atoms with Crippen LogP contribution in [0.4, 0.5) is 13.2 Å². The van der Waals surface area contributed by atoms with E-state index in [4.69, 9.17) is 15.9 Å². The van der Waals surface area contributed by atoms with E-state index in [-0.39, 0.29) is 22.7 Å². The number of hydrogen-bond acceptors (Lipinski definition) is 8. The van der Waals surface area contributed by atoms with Crippen molar-refractivity contribution < 1.29 is 46.9 Å². The van der Waals surface area contributed by atoms with Gasteiger partial charge >= 0.3 is 18.1 Å². The summed E-state index contributed by atoms with van der Waals surface area (Å²) in [5, 5.41) is 19.4. The van der Waals surface area contributed by atoms with E-state index < -0.39 is 54.5 Å². The number of alkyl halides is 3. The number of aliphatic hydroxyl groups excluding tert-OH is 1. The number of rotatable bonds is 11. The largest absolute Gasteiger partial charge is 0.491 e. The number of Topliss-reactive ketones (excluding diaryl/α,β-unsaturated/α-hetero) is 1. The highest BCUT2D eigenvalue weighted by molar-refractivity contribution is 6.05. The minimum atomic E-state index is -5.35. The number of nitrogen functional groups attached to an aromatic ring is 1. The van der Waals surface area contributed by atoms with Crippen molar-refractivity contribution >= 4 is 29.5 Å². The molecular weight excluding hydrogens is 511 g/mol. The zero-order chi connectivity index (χ0) is 28.6. The molecule has 0 aliphatic heterocycles. The van der Waals surface area contributed by atoms with Crippen molar-refractivity contribution in [1.82, 2.24) is 5.32 Å². The Hall–Kier alpha value is -4.26. The van der Waals surface area contributed by atoms with Gasteiger partial charge in [-0.3, -0.25) is 15.0 Å². The van der Waals surface area contributed by atoms with Crippen LogP contribution in [0.1, 0.15) is 46.5 Å². The van der Waals surface area contributed by atoms with Gasteiger partial charge in [0.15, 0.2) is 11.9 Å². The first-order valence-electron chi connectivity index (χ1n) is 11.3. The van der Waals surface area contributed by atoms with Crippen LogP contribution in [0.25, 0.3) is 0 Å². The van der Waals surface area contributed by atoms with Gasteiger partial charge in [0, 0.05) is 22.6 Å². The number of nitrogens with one attached hydrogen (secondary N) is 2. The van der Waals surface area contributed by atoms with E-state index in [1.807, 2.05) is 0 Å². The van der Waals surface area contributed by atoms with E-state index in [9.17, 15) is 37.5 Å². The standard InChI is InChI=1S/C25H26F3N3O7/c1-3-13(2)20(23(35)38-24(36)25(26,27)28)37-17-10-8-14(9-11-17)19(33)18(12-32)31-22(34)16-6-4-15(5-7-16)21(29)30/h4-11,13,18,20,32H,3,12H2,1-2H3,(H3,29,30)(H,31,34)/t13-,18?,20?/m0/s1. The SMILES string of the molecule is CC[C@H](C)C(Oc1ccc(C(=O)C(CO)NC(=O)c2ccc(C(=N)N)cc2)cc1)C(=O)OC(=O)C(F)(F)F. The highest BCUT2D eigenvalue weighted by atomic mass is 19.4. The summed E-state index contributed by atoms with van der Waals surface area (Å²) in [6, 6.07) is 9.47. The summed E-state index contributed by atoms with van der Waals surface area (Å²) < 4.78 is 46.8. The van der Waals surface area contributed by atoms with E-state index in [1.54, 1.807) is 6.92 Å². The molecule has 1 amide bonds. The van der Waals surface area contributed by atoms with Crippen LogP contribution >= 0.6 is 0 Å². The molecule has 0 radical (unpaired) electrons. The number of amides is 1. The molecule has 0 aliphatic rings. The zero-order valence-electron chi connectivity index (χ0n) is 20.4. The van der Waals surface area contributed by atoms with Gasteiger partial charge in [0.2, 0.25) is 0 Å². The van der Waals surface area contributed by atoms with Gasteiger partial charge in [-0.05, 0) is 42.8 Å². The summed E-state index contributed by atoms with van der Waals surface area (Å²) in [4.78, 5) is 48.5. The van der Waals surface area contributed by atoms with Crippen molar-refractivity contribution in [2.45, 2.75) is 38.6 Å². The third-order valence-corrected chi connectivity index (χ3v) is 5.48. The number of carbonyl (C=O) groups excluding carboxylic acids is 4. The lowest BCUT2D eigenvalue weighted by molar-refractivity contribution is -0.204. The Balaban J connectivity index is 2.11. The number of ketones is 1. The Labute approximate surface area is 215 Å². The lowest BCUT2D eigenvalue weighted by Gasteiger charge is -2.22. The van der Waals surface area contributed by atoms with Crippen molar-refractivity contribution in [2.24, 2.45) is 11.7 Å². The van der Waals surface area contributed by atoms with E-state index in [0.29, 0.717) is 12.0 Å². The molecule has 2 rings (SSSR count). The van der Waals surface area contributed by atoms with Gasteiger partial charge in [-0.1, -0.05) is 26.0 Å². The van der Waals surface area contributed by atoms with Crippen molar-refractivity contribution in [3.8, 4) is 5.75 Å². The zero-order valence-corrected chi connectivity index (χ0v) is 20.4. The normalized spacial score (nSPS) is 13.5. The number of ether oxygens (including phenoxy) is 2. The fraction of sp³-hybridized carbons (Fsp3) is 0.320. The molecular formula is C25H26F3N3O7. The molecule has 0 saturated carbocycles. The minimum Gasteiger partial charge on any atom is -0.478 e. The molecule has 10 nitrogen and oxygen atoms in total. The highest BCUT2D eigenvalue weighted by Crippen LogP contribution is 2.23. The van der Waals surface area contributed by atoms with Gasteiger partial charge < -0.3 is 25.6 Å². The first-order valence-corrected chi connectivity index (χ1v) is 11.3. The number of hydrogen-bond donors (Lipinski definition) is 4. The van der Waals surface area contributed by atoms with Crippen molar-refractivity contribution in [2.75, 3.05) is 6.61 Å². The summed E-state index contributed by atoms with van der Waals surface area (Å²) in [7, 11) is 0. The van der Waals surface area contributed by atoms with Crippen LogP contribution < -0.4 is 15.8 Å². The van der Waals surface area contributed by atoms with E-state index >= 15 is 0 Å². The second kappa shape index (κ2) is 12.8. The lowest BCUT2D eigenvalue weighted by atomic mass is 10.0. The van der Waals surface area contributed by atoms with Crippen LogP contribution in [-0.2, 0) is 14.3 Å². The Morgan fingerprint density at radius 2 is 1.53 bits per heavy atom. The minimum absolute atomic E-state index is 0.00148. The third kappa shape index (κ3) is 7.87. The molecule has 3 atom stereocenters. The second-order valence-electron chi connectivity index (χ2n) is 8.22. The number of carbonyl (C=O) groups is 4. The molecule has 0 spiro atoms. The average molecular weight is 537 g/mol. The third-order valence-electron chi connectivity index (χ3n) is 5.48. The summed E-state index contributed by atoms with van der Waals surface area (Å²) in [6.45, 7) is 2.45. The molecule has 0 aromatic heterocycles. The summed E-state index contributed by atoms with van der Waals surface area (Å²) in [5.74, 6) is -6.29. The Morgan fingerprint density at radius 3 is 2.00 bits per heavy atom. The van der Waals surface area contributed by atoms with Crippen molar-refractivity contribution in [3.63, 3.8) is 0 Å². The van der Waals surface area contributed by atoms with E-state index in [0.717, 1.165) is 0 Å². The number of benzene rings is 2. The van der Waals surface area contributed by atoms with Gasteiger partial charge in [-0.15, -0.1) is 0 Å². The molecule has 0 fully saturated rings. The quantitative estimate of drug-likeness (QED) is 0.111. The summed E-state index contributed by atoms with van der Waals surface area (Å²) >= 11 is 0. The predicted octanol–water partition coefficient (Wildman–Crippen LogP) is 2.37. The van der Waals surface area contributed by atoms with Crippen LogP contribution in [0.2, 0.25) is 0 Å². The van der Waals surface area contributed by atoms with Gasteiger partial charge in [0.05, 0.1) is 6.61 Å². The fourth-order valence-corrected chi connectivity index (χ4v) is 3.10. The maximum Gasteiger partial charge on any atom is 0.491 e. The summed E-state index contributed by atoms with van der Waals surface area (Å²) in [5.41, 5.74) is 5.99. The Morgan fingerprint density at radius 1 is 1.00 bits per heavy atom. The molecule has 2 aromatic carbocycles. The van der Waals surface area contributed by atoms with Crippen LogP contribution in [0.3, 0.4) is 0 Å². The maximum atomic E-state index is 12.8. The van der Waals surface area contributed by atoms with Crippen LogP contribution in [0.15, 0.2) is 48.5 Å². The maximum absolute atomic E-state index is 12.8. The Kier molecular flexibility index (Phi) is 10.1. The van der Waals surface area contributed by atoms with E-state index in [2.05, 4.69) is 10.1 Å². The first-order chi connectivity index (χ1) is 17.8. The Bertz CT molecular complexity index is 1180. The summed E-state index contributed by atoms with van der Waals surface area (Å²) in [6.07, 6.45) is -6.58. The molecule has 0 heterocycles. The number of amidine groups is 1. The first kappa shape index (κ1) is 30.0. The molecule has 0 saturated heterocycles. The monoisotopic (exact) mass is 537 g/mol. The molecule has 38 heavy (non-hydrogen) atoms. The predicted molar refractivity (Wildman–Crippen MR) is 128 cm³/mol. The van der Waals surface area contributed by atoms with Crippen LogP contribution in [0, 0.1) is 11.3 Å². The van der Waals surface area contributed by atoms with E-state index in [1.165, 1.54) is 55.5 Å². The van der Waals surface area contributed by atoms with Crippen LogP contribution in [-0.4, -0.2) is 59.5 Å². The molecule has 204 valence electrons. The van der Waals surface area contributed by atoms with Gasteiger partial charge in [-0.25, -0.2) is 9.59 Å². The molecule has 2 unspecified atom stereocenters. The number of halogens is 3. The van der Waals surface area contributed by atoms with Crippen molar-refractivity contribution in [3.05, 3.63) is 65.2 Å². The molecule has 5 N–H and O–H groups in total. The number of aliphatic hydroxyl groups is 1. The van der Waals surface area contributed by atoms with Gasteiger partial charge in [0.25, 0.3) is 5.91 Å². The average Bonchev–Trinajstić information content (AvgIpc) is 2.89. The molecule has 0 bridgehead atoms. The van der Waals surface area contributed by atoms with Crippen LogP contribution in [0.5, 0.6) is 5.75 Å². The van der Waals surface area contributed by atoms with Gasteiger partial charge in [-0.2, -0.15) is 13.2 Å². The molecule has 2 aromatic rings. The lowest BCUT2D eigenvalue weighted by Crippen LogP contribution is -2.43. The number of nitrogens with two attached hydrogens (primary N) is 1. The fourth-order valence-electron chi connectivity index (χ4n) is 3.10. The molecule has 0 aliphatic carbocycles. The highest BCUT2D eigenvalue weighted by Gasteiger charge is 2.44. The topological polar surface area (TPSA) is 169 Å². The molecule has 13 heteroatoms. The smallest absolute Gasteiger partial charge is 0.478 e. The number of esters is 2. The van der Waals surface area contributed by atoms with Gasteiger partial charge in [0.1, 0.15) is 17.6 Å². The van der Waals surface area contributed by atoms with Crippen molar-refractivity contribution in [1.29, 1.82) is 5.41 Å².